The van der Waals surface area contributed by atoms with Crippen molar-refractivity contribution >= 4 is 24.5 Å². The largest absolute Gasteiger partial charge is 0.394 e. The molecule has 0 amide bonds. The van der Waals surface area contributed by atoms with Gasteiger partial charge in [0.15, 0.2) is 18.7 Å². The second-order valence-corrected chi connectivity index (χ2v) is 5.04. The van der Waals surface area contributed by atoms with Crippen LogP contribution in [0.5, 0.6) is 0 Å². The molecule has 0 unspecified atom stereocenters. The zero-order valence-electron chi connectivity index (χ0n) is 14.5. The van der Waals surface area contributed by atoms with E-state index in [1.54, 1.807) is 0 Å². The lowest BCUT2D eigenvalue weighted by molar-refractivity contribution is -0.178. The lowest BCUT2D eigenvalue weighted by atomic mass is 10.0. The Labute approximate surface area is 153 Å². The number of aliphatic hydroxyl groups is 7. The molecule has 7 N–H and O–H groups in total. The van der Waals surface area contributed by atoms with Gasteiger partial charge in [0.1, 0.15) is 36.6 Å². The summed E-state index contributed by atoms with van der Waals surface area (Å²) in [5.74, 6) is -2.30. The normalized spacial score (nSPS) is 18.4. The van der Waals surface area contributed by atoms with Crippen molar-refractivity contribution in [2.45, 2.75) is 49.7 Å². The van der Waals surface area contributed by atoms with E-state index >= 15 is 0 Å². The van der Waals surface area contributed by atoms with Gasteiger partial charge in [0.05, 0.1) is 6.61 Å². The summed E-state index contributed by atoms with van der Waals surface area (Å²) in [5, 5.41) is 61.8. The molecule has 0 radical (unpaired) electrons. The van der Waals surface area contributed by atoms with Crippen molar-refractivity contribution in [2.24, 2.45) is 0 Å². The Hall–Kier alpha value is -1.84. The number of aldehydes is 2. The molecule has 158 valence electrons. The third-order valence-corrected chi connectivity index (χ3v) is 2.97. The fourth-order valence-electron chi connectivity index (χ4n) is 1.48. The lowest BCUT2D eigenvalue weighted by Crippen LogP contribution is -2.49. The molecular formula is C14H24O13. The van der Waals surface area contributed by atoms with Crippen LogP contribution in [0.1, 0.15) is 6.92 Å². The molecule has 0 fully saturated rings. The number of hydrogen-bond donors (Lipinski definition) is 7. The molecule has 7 atom stereocenters. The van der Waals surface area contributed by atoms with Crippen LogP contribution in [0.25, 0.3) is 0 Å². The van der Waals surface area contributed by atoms with Crippen molar-refractivity contribution in [3.63, 3.8) is 0 Å². The molecule has 0 rings (SSSR count). The van der Waals surface area contributed by atoms with E-state index in [-0.39, 0.29) is 12.6 Å². The van der Waals surface area contributed by atoms with Gasteiger partial charge in [0.25, 0.3) is 0 Å². The zero-order chi connectivity index (χ0) is 21.7. The minimum atomic E-state index is -2.01. The second-order valence-electron chi connectivity index (χ2n) is 5.04. The maximum Gasteiger partial charge on any atom is 0.345 e. The van der Waals surface area contributed by atoms with Crippen molar-refractivity contribution in [3.05, 3.63) is 0 Å². The van der Waals surface area contributed by atoms with E-state index in [4.69, 9.17) is 25.5 Å². The molecule has 0 aromatic heterocycles. The molecule has 13 heteroatoms. The van der Waals surface area contributed by atoms with Gasteiger partial charge in [-0.25, -0.2) is 4.79 Å². The van der Waals surface area contributed by atoms with Gasteiger partial charge in [0.2, 0.25) is 0 Å². The summed E-state index contributed by atoms with van der Waals surface area (Å²) in [5.41, 5.74) is 0. The number of ether oxygens (including phenoxy) is 2. The van der Waals surface area contributed by atoms with Crippen molar-refractivity contribution < 1.29 is 64.4 Å². The predicted molar refractivity (Wildman–Crippen MR) is 82.8 cm³/mol. The Morgan fingerprint density at radius 1 is 0.926 bits per heavy atom. The summed E-state index contributed by atoms with van der Waals surface area (Å²) in [6.45, 7) is 0.259. The van der Waals surface area contributed by atoms with E-state index in [1.807, 2.05) is 0 Å². The van der Waals surface area contributed by atoms with E-state index in [0.29, 0.717) is 0 Å². The van der Waals surface area contributed by atoms with Gasteiger partial charge >= 0.3 is 11.9 Å². The smallest absolute Gasteiger partial charge is 0.345 e. The molecule has 0 aliphatic heterocycles. The third kappa shape index (κ3) is 10.2. The number of methoxy groups -OCH3 is 1. The van der Waals surface area contributed by atoms with Gasteiger partial charge in [-0.15, -0.1) is 0 Å². The predicted octanol–water partition coefficient (Wildman–Crippen LogP) is -5.37. The fraction of sp³-hybridized carbons (Fsp3) is 0.714. The van der Waals surface area contributed by atoms with Crippen molar-refractivity contribution in [3.8, 4) is 0 Å². The molecule has 0 heterocycles. The molecule has 0 aromatic rings. The van der Waals surface area contributed by atoms with E-state index in [0.717, 1.165) is 14.0 Å². The Morgan fingerprint density at radius 3 is 1.70 bits per heavy atom. The first-order valence-electron chi connectivity index (χ1n) is 7.33. The second kappa shape index (κ2) is 14.2. The van der Waals surface area contributed by atoms with Gasteiger partial charge in [-0.3, -0.25) is 4.79 Å². The van der Waals surface area contributed by atoms with Crippen LogP contribution in [0.15, 0.2) is 0 Å². The van der Waals surface area contributed by atoms with Crippen LogP contribution in [0.2, 0.25) is 0 Å². The molecule has 0 bridgehead atoms. The Balaban J connectivity index is 0. The standard InChI is InChI=1S/C9H14O8.C5H10O5/c1-4(11)17-9(15)7(14)8(16-2)6(13)5(12)3-10;6-1-3(8)5(10)4(9)2-7/h3,5-8,12-14H,1-2H3;1,3-5,7-10H,2H2/t5-,6+,7-,8-;3-,4+,5+/m00/s1. The quantitative estimate of drug-likeness (QED) is 0.103. The van der Waals surface area contributed by atoms with Crippen LogP contribution >= 0.6 is 0 Å². The fourth-order valence-corrected chi connectivity index (χ4v) is 1.48. The van der Waals surface area contributed by atoms with Crippen LogP contribution in [0, 0.1) is 0 Å². The van der Waals surface area contributed by atoms with Crippen LogP contribution in [-0.4, -0.2) is 117 Å². The maximum absolute atomic E-state index is 11.1. The van der Waals surface area contributed by atoms with E-state index < -0.39 is 61.3 Å². The van der Waals surface area contributed by atoms with Crippen LogP contribution in [0.4, 0.5) is 0 Å². The number of rotatable bonds is 10. The molecule has 13 nitrogen and oxygen atoms in total. The molecule has 0 aliphatic carbocycles. The molecule has 27 heavy (non-hydrogen) atoms. The van der Waals surface area contributed by atoms with Gasteiger partial charge in [0, 0.05) is 14.0 Å². The highest BCUT2D eigenvalue weighted by Crippen LogP contribution is 2.09. The zero-order valence-corrected chi connectivity index (χ0v) is 14.5. The first-order valence-corrected chi connectivity index (χ1v) is 7.33. The van der Waals surface area contributed by atoms with Crippen LogP contribution in [0.3, 0.4) is 0 Å². The third-order valence-electron chi connectivity index (χ3n) is 2.97. The summed E-state index contributed by atoms with van der Waals surface area (Å²) in [7, 11) is 1.04. The minimum Gasteiger partial charge on any atom is -0.394 e. The number of carbonyl (C=O) groups is 4. The molecule has 0 spiro atoms. The maximum atomic E-state index is 11.1. The van der Waals surface area contributed by atoms with Gasteiger partial charge in [-0.1, -0.05) is 0 Å². The first-order chi connectivity index (χ1) is 12.5. The summed E-state index contributed by atoms with van der Waals surface area (Å²) >= 11 is 0. The first kappa shape index (κ1) is 27.4. The highest BCUT2D eigenvalue weighted by Gasteiger charge is 2.37. The Kier molecular flexibility index (Phi) is 14.4. The minimum absolute atomic E-state index is 0.0136. The summed E-state index contributed by atoms with van der Waals surface area (Å²) in [6.07, 6.45) is -11.9. The SMILES string of the molecule is CO[C@@H]([C@H](O)[C@@H](O)C=O)[C@H](O)C(=O)OC(C)=O.O=C[C@H](O)[C@@H](O)[C@H](O)CO. The van der Waals surface area contributed by atoms with Gasteiger partial charge in [-0.05, 0) is 0 Å². The number of aliphatic hydroxyl groups excluding tert-OH is 7. The Morgan fingerprint density at radius 2 is 1.37 bits per heavy atom. The van der Waals surface area contributed by atoms with E-state index in [2.05, 4.69) is 9.47 Å². The molecule has 0 aliphatic rings. The monoisotopic (exact) mass is 400 g/mol. The van der Waals surface area contributed by atoms with Crippen LogP contribution < -0.4 is 0 Å². The number of esters is 2. The molecule has 0 aromatic carbocycles. The summed E-state index contributed by atoms with van der Waals surface area (Å²) in [6, 6.07) is 0. The number of hydrogen-bond acceptors (Lipinski definition) is 13. The highest BCUT2D eigenvalue weighted by molar-refractivity contribution is 5.87. The van der Waals surface area contributed by atoms with Gasteiger partial charge < -0.3 is 54.8 Å². The van der Waals surface area contributed by atoms with Gasteiger partial charge in [-0.2, -0.15) is 0 Å². The summed E-state index contributed by atoms with van der Waals surface area (Å²) < 4.78 is 8.64. The lowest BCUT2D eigenvalue weighted by Gasteiger charge is -2.25. The number of carbonyl (C=O) groups excluding carboxylic acids is 4. The topological polar surface area (TPSA) is 228 Å². The molecule has 0 saturated heterocycles. The van der Waals surface area contributed by atoms with Crippen molar-refractivity contribution in [1.29, 1.82) is 0 Å². The average molecular weight is 400 g/mol. The van der Waals surface area contributed by atoms with Crippen LogP contribution in [-0.2, 0) is 28.7 Å². The van der Waals surface area contributed by atoms with Crippen molar-refractivity contribution in [2.75, 3.05) is 13.7 Å². The average Bonchev–Trinajstić information content (AvgIpc) is 2.65. The highest BCUT2D eigenvalue weighted by atomic mass is 16.6. The van der Waals surface area contributed by atoms with E-state index in [1.165, 1.54) is 0 Å². The summed E-state index contributed by atoms with van der Waals surface area (Å²) in [4.78, 5) is 41.6. The molecular weight excluding hydrogens is 376 g/mol. The van der Waals surface area contributed by atoms with Crippen molar-refractivity contribution in [1.82, 2.24) is 0 Å². The Bertz CT molecular complexity index is 468. The van der Waals surface area contributed by atoms with E-state index in [9.17, 15) is 29.4 Å². The molecule has 0 saturated carbocycles.